The molecule has 0 spiro atoms. The first kappa shape index (κ1) is 15.0. The molecule has 0 amide bonds. The zero-order chi connectivity index (χ0) is 14.1. The zero-order valence-corrected chi connectivity index (χ0v) is 10.8. The minimum absolute atomic E-state index is 0.180. The van der Waals surface area contributed by atoms with Crippen LogP contribution in [-0.2, 0) is 0 Å². The summed E-state index contributed by atoms with van der Waals surface area (Å²) in [5.74, 6) is -0.395. The molecule has 0 saturated heterocycles. The Morgan fingerprint density at radius 3 is 1.89 bits per heavy atom. The van der Waals surface area contributed by atoms with Crippen molar-refractivity contribution < 1.29 is 15.3 Å². The first-order valence-electron chi connectivity index (χ1n) is 5.99. The molecule has 102 valence electrons. The number of phenolic OH excluding ortho intramolecular Hbond substituents is 2. The van der Waals surface area contributed by atoms with Gasteiger partial charge in [-0.15, -0.1) is 0 Å². The SMILES string of the molecule is CNCC(O)c1ccc(O)c(O)c1.c1ccccc1. The summed E-state index contributed by atoms with van der Waals surface area (Å²) in [4.78, 5) is 0. The second-order valence-corrected chi connectivity index (χ2v) is 3.98. The van der Waals surface area contributed by atoms with Crippen LogP contribution in [-0.4, -0.2) is 28.9 Å². The van der Waals surface area contributed by atoms with E-state index < -0.39 is 6.10 Å². The number of aliphatic hydroxyl groups excluding tert-OH is 1. The van der Waals surface area contributed by atoms with E-state index in [9.17, 15) is 5.11 Å². The summed E-state index contributed by atoms with van der Waals surface area (Å²) < 4.78 is 0. The fraction of sp³-hybridized carbons (Fsp3) is 0.200. The molecule has 0 aliphatic rings. The van der Waals surface area contributed by atoms with E-state index in [4.69, 9.17) is 10.2 Å². The highest BCUT2D eigenvalue weighted by Gasteiger charge is 2.08. The Morgan fingerprint density at radius 1 is 0.947 bits per heavy atom. The van der Waals surface area contributed by atoms with Crippen molar-refractivity contribution in [3.8, 4) is 11.5 Å². The number of nitrogens with one attached hydrogen (secondary N) is 1. The van der Waals surface area contributed by atoms with Crippen LogP contribution < -0.4 is 5.32 Å². The molecule has 1 atom stereocenters. The zero-order valence-electron chi connectivity index (χ0n) is 10.8. The number of benzene rings is 2. The fourth-order valence-electron chi connectivity index (χ4n) is 1.44. The van der Waals surface area contributed by atoms with Gasteiger partial charge in [-0.1, -0.05) is 42.5 Å². The molecule has 2 aromatic carbocycles. The van der Waals surface area contributed by atoms with Gasteiger partial charge < -0.3 is 20.6 Å². The van der Waals surface area contributed by atoms with Gasteiger partial charge in [-0.25, -0.2) is 0 Å². The Morgan fingerprint density at radius 2 is 1.47 bits per heavy atom. The molecule has 0 bridgehead atoms. The van der Waals surface area contributed by atoms with Crippen molar-refractivity contribution in [3.05, 3.63) is 60.2 Å². The lowest BCUT2D eigenvalue weighted by Crippen LogP contribution is -2.16. The summed E-state index contributed by atoms with van der Waals surface area (Å²) in [6.45, 7) is 0.407. The molecule has 0 saturated carbocycles. The van der Waals surface area contributed by atoms with Gasteiger partial charge in [0, 0.05) is 6.54 Å². The number of rotatable bonds is 3. The smallest absolute Gasteiger partial charge is 0.157 e. The number of hydrogen-bond acceptors (Lipinski definition) is 4. The highest BCUT2D eigenvalue weighted by Crippen LogP contribution is 2.27. The Balaban J connectivity index is 0.000000250. The van der Waals surface area contributed by atoms with E-state index in [1.54, 1.807) is 13.1 Å². The van der Waals surface area contributed by atoms with Gasteiger partial charge in [0.05, 0.1) is 6.10 Å². The Kier molecular flexibility index (Phi) is 6.43. The summed E-state index contributed by atoms with van der Waals surface area (Å²) >= 11 is 0. The number of phenols is 2. The van der Waals surface area contributed by atoms with Crippen LogP contribution in [0.1, 0.15) is 11.7 Å². The molecule has 0 aliphatic heterocycles. The molecule has 19 heavy (non-hydrogen) atoms. The molecule has 0 radical (unpaired) electrons. The monoisotopic (exact) mass is 261 g/mol. The van der Waals surface area contributed by atoms with Gasteiger partial charge in [0.25, 0.3) is 0 Å². The Bertz CT molecular complexity index is 447. The molecule has 0 aromatic heterocycles. The van der Waals surface area contributed by atoms with Crippen molar-refractivity contribution in [1.82, 2.24) is 5.32 Å². The van der Waals surface area contributed by atoms with Crippen LogP contribution in [0.5, 0.6) is 11.5 Å². The third kappa shape index (κ3) is 5.42. The number of likely N-dealkylation sites (N-methyl/N-ethyl adjacent to an activating group) is 1. The molecule has 4 N–H and O–H groups in total. The lowest BCUT2D eigenvalue weighted by Gasteiger charge is -2.10. The molecule has 0 fully saturated rings. The molecular weight excluding hydrogens is 242 g/mol. The molecule has 4 heteroatoms. The van der Waals surface area contributed by atoms with E-state index in [1.807, 2.05) is 36.4 Å². The molecular formula is C15H19NO3. The van der Waals surface area contributed by atoms with Crippen molar-refractivity contribution in [2.45, 2.75) is 6.10 Å². The van der Waals surface area contributed by atoms with E-state index in [2.05, 4.69) is 5.32 Å². The Labute approximate surface area is 113 Å². The summed E-state index contributed by atoms with van der Waals surface area (Å²) in [7, 11) is 1.73. The minimum atomic E-state index is -0.670. The van der Waals surface area contributed by atoms with Crippen LogP contribution in [0.3, 0.4) is 0 Å². The number of aliphatic hydroxyl groups is 1. The number of aromatic hydroxyl groups is 2. The van der Waals surface area contributed by atoms with Crippen molar-refractivity contribution in [3.63, 3.8) is 0 Å². The minimum Gasteiger partial charge on any atom is -0.504 e. The summed E-state index contributed by atoms with van der Waals surface area (Å²) in [5, 5.41) is 30.4. The van der Waals surface area contributed by atoms with Gasteiger partial charge in [-0.2, -0.15) is 0 Å². The largest absolute Gasteiger partial charge is 0.504 e. The molecule has 2 aromatic rings. The van der Waals surface area contributed by atoms with Crippen LogP contribution in [0, 0.1) is 0 Å². The van der Waals surface area contributed by atoms with E-state index >= 15 is 0 Å². The van der Waals surface area contributed by atoms with Crippen LogP contribution in [0.25, 0.3) is 0 Å². The molecule has 4 nitrogen and oxygen atoms in total. The Hall–Kier alpha value is -2.04. The van der Waals surface area contributed by atoms with Gasteiger partial charge >= 0.3 is 0 Å². The normalized spacial score (nSPS) is 11.3. The van der Waals surface area contributed by atoms with E-state index in [0.29, 0.717) is 12.1 Å². The maximum atomic E-state index is 9.48. The van der Waals surface area contributed by atoms with Crippen LogP contribution in [0.2, 0.25) is 0 Å². The molecule has 1 unspecified atom stereocenters. The van der Waals surface area contributed by atoms with E-state index in [-0.39, 0.29) is 11.5 Å². The summed E-state index contributed by atoms with van der Waals surface area (Å²) in [6.07, 6.45) is -0.670. The first-order chi connectivity index (χ1) is 9.15. The van der Waals surface area contributed by atoms with Gasteiger partial charge in [0.1, 0.15) is 0 Å². The molecule has 2 rings (SSSR count). The maximum Gasteiger partial charge on any atom is 0.157 e. The first-order valence-corrected chi connectivity index (χ1v) is 5.99. The summed E-state index contributed by atoms with van der Waals surface area (Å²) in [6, 6.07) is 16.3. The quantitative estimate of drug-likeness (QED) is 0.638. The van der Waals surface area contributed by atoms with Gasteiger partial charge in [0.2, 0.25) is 0 Å². The van der Waals surface area contributed by atoms with Crippen molar-refractivity contribution in [2.24, 2.45) is 0 Å². The summed E-state index contributed by atoms with van der Waals surface area (Å²) in [5.41, 5.74) is 0.574. The second kappa shape index (κ2) is 8.13. The molecule has 0 heterocycles. The predicted octanol–water partition coefficient (Wildman–Crippen LogP) is 2.04. The third-order valence-electron chi connectivity index (χ3n) is 2.45. The van der Waals surface area contributed by atoms with Crippen molar-refractivity contribution in [1.29, 1.82) is 0 Å². The standard InChI is InChI=1S/C9H13NO3.C6H6/c1-10-5-9(13)6-2-3-7(11)8(12)4-6;1-2-4-6-5-3-1/h2-4,9-13H,5H2,1H3;1-6H. The van der Waals surface area contributed by atoms with Gasteiger partial charge in [-0.05, 0) is 24.7 Å². The molecule has 0 aliphatic carbocycles. The van der Waals surface area contributed by atoms with Crippen LogP contribution >= 0.6 is 0 Å². The number of hydrogen-bond donors (Lipinski definition) is 4. The average molecular weight is 261 g/mol. The third-order valence-corrected chi connectivity index (χ3v) is 2.45. The highest BCUT2D eigenvalue weighted by atomic mass is 16.3. The second-order valence-electron chi connectivity index (χ2n) is 3.98. The van der Waals surface area contributed by atoms with E-state index in [0.717, 1.165) is 0 Å². The van der Waals surface area contributed by atoms with Crippen molar-refractivity contribution in [2.75, 3.05) is 13.6 Å². The topological polar surface area (TPSA) is 72.7 Å². The van der Waals surface area contributed by atoms with Crippen LogP contribution in [0.15, 0.2) is 54.6 Å². The predicted molar refractivity (Wildman–Crippen MR) is 75.1 cm³/mol. The van der Waals surface area contributed by atoms with Gasteiger partial charge in [-0.3, -0.25) is 0 Å². The van der Waals surface area contributed by atoms with E-state index in [1.165, 1.54) is 12.1 Å². The average Bonchev–Trinajstić information content (AvgIpc) is 2.45. The van der Waals surface area contributed by atoms with Crippen molar-refractivity contribution >= 4 is 0 Å². The van der Waals surface area contributed by atoms with Gasteiger partial charge in [0.15, 0.2) is 11.5 Å². The fourth-order valence-corrected chi connectivity index (χ4v) is 1.44. The lowest BCUT2D eigenvalue weighted by atomic mass is 10.1. The highest BCUT2D eigenvalue weighted by molar-refractivity contribution is 5.41. The maximum absolute atomic E-state index is 9.48. The van der Waals surface area contributed by atoms with Crippen LogP contribution in [0.4, 0.5) is 0 Å². The lowest BCUT2D eigenvalue weighted by molar-refractivity contribution is 0.177.